The maximum absolute atomic E-state index is 13.5. The summed E-state index contributed by atoms with van der Waals surface area (Å²) in [5.41, 5.74) is -0.0584. The van der Waals surface area contributed by atoms with Crippen LogP contribution in [-0.2, 0) is 5.41 Å². The number of hydrogen-bond acceptors (Lipinski definition) is 2. The summed E-state index contributed by atoms with van der Waals surface area (Å²) in [6.45, 7) is 3.49. The van der Waals surface area contributed by atoms with E-state index in [0.29, 0.717) is 11.3 Å². The fraction of sp³-hybridized carbons (Fsp3) is 0.455. The van der Waals surface area contributed by atoms with Crippen molar-refractivity contribution >= 4 is 0 Å². The maximum Gasteiger partial charge on any atom is 0.130 e. The number of halogens is 1. The molecule has 0 atom stereocenters. The van der Waals surface area contributed by atoms with E-state index in [2.05, 4.69) is 0 Å². The Bertz CT molecular complexity index is 321. The topological polar surface area (TPSA) is 29.5 Å². The summed E-state index contributed by atoms with van der Waals surface area (Å²) in [6, 6.07) is 4.66. The molecule has 0 aromatic heterocycles. The number of rotatable bonds is 3. The highest BCUT2D eigenvalue weighted by Crippen LogP contribution is 2.27. The van der Waals surface area contributed by atoms with Crippen molar-refractivity contribution in [3.8, 4) is 5.75 Å². The quantitative estimate of drug-likeness (QED) is 0.806. The van der Waals surface area contributed by atoms with Crippen LogP contribution < -0.4 is 4.74 Å². The van der Waals surface area contributed by atoms with E-state index in [4.69, 9.17) is 9.84 Å². The van der Waals surface area contributed by atoms with Gasteiger partial charge in [0.1, 0.15) is 11.6 Å². The Hall–Kier alpha value is -1.09. The van der Waals surface area contributed by atoms with Crippen LogP contribution in [0.15, 0.2) is 18.2 Å². The second-order valence-corrected chi connectivity index (χ2v) is 3.89. The van der Waals surface area contributed by atoms with Gasteiger partial charge in [-0.2, -0.15) is 0 Å². The standard InChI is InChI=1S/C11H15FO2/c1-11(2,7-13)9-5-4-8(14-3)6-10(9)12/h4-6,13H,7H2,1-3H3. The monoisotopic (exact) mass is 198 g/mol. The van der Waals surface area contributed by atoms with Gasteiger partial charge in [0.05, 0.1) is 13.7 Å². The third-order valence-electron chi connectivity index (χ3n) is 2.30. The van der Waals surface area contributed by atoms with Crippen LogP contribution in [0.2, 0.25) is 0 Å². The van der Waals surface area contributed by atoms with Crippen molar-refractivity contribution in [1.82, 2.24) is 0 Å². The molecule has 0 fully saturated rings. The fourth-order valence-electron chi connectivity index (χ4n) is 1.26. The zero-order chi connectivity index (χ0) is 10.8. The Morgan fingerprint density at radius 3 is 2.50 bits per heavy atom. The van der Waals surface area contributed by atoms with E-state index in [9.17, 15) is 4.39 Å². The van der Waals surface area contributed by atoms with Crippen molar-refractivity contribution in [2.75, 3.05) is 13.7 Å². The van der Waals surface area contributed by atoms with E-state index in [1.54, 1.807) is 26.0 Å². The summed E-state index contributed by atoms with van der Waals surface area (Å²) >= 11 is 0. The normalized spacial score (nSPS) is 11.5. The van der Waals surface area contributed by atoms with Crippen molar-refractivity contribution in [2.45, 2.75) is 19.3 Å². The largest absolute Gasteiger partial charge is 0.497 e. The number of aliphatic hydroxyl groups is 1. The number of benzene rings is 1. The third kappa shape index (κ3) is 2.04. The Balaban J connectivity index is 3.12. The van der Waals surface area contributed by atoms with E-state index in [0.717, 1.165) is 0 Å². The SMILES string of the molecule is COc1ccc(C(C)(C)CO)c(F)c1. The lowest BCUT2D eigenvalue weighted by Crippen LogP contribution is -2.23. The zero-order valence-corrected chi connectivity index (χ0v) is 8.67. The number of methoxy groups -OCH3 is 1. The first kappa shape index (κ1) is 11.0. The van der Waals surface area contributed by atoms with E-state index in [1.807, 2.05) is 0 Å². The minimum absolute atomic E-state index is 0.0871. The Morgan fingerprint density at radius 2 is 2.07 bits per heavy atom. The van der Waals surface area contributed by atoms with E-state index >= 15 is 0 Å². The highest BCUT2D eigenvalue weighted by molar-refractivity contribution is 5.33. The predicted molar refractivity (Wildman–Crippen MR) is 53.1 cm³/mol. The molecule has 0 aliphatic carbocycles. The van der Waals surface area contributed by atoms with Gasteiger partial charge in [0.15, 0.2) is 0 Å². The van der Waals surface area contributed by atoms with Gasteiger partial charge < -0.3 is 9.84 Å². The van der Waals surface area contributed by atoms with Gasteiger partial charge in [-0.15, -0.1) is 0 Å². The molecule has 1 aromatic carbocycles. The predicted octanol–water partition coefficient (Wildman–Crippen LogP) is 2.10. The molecule has 14 heavy (non-hydrogen) atoms. The summed E-state index contributed by atoms with van der Waals surface area (Å²) in [5.74, 6) is 0.142. The van der Waals surface area contributed by atoms with Gasteiger partial charge in [0.25, 0.3) is 0 Å². The first-order chi connectivity index (χ1) is 6.51. The summed E-state index contributed by atoms with van der Waals surface area (Å²) in [7, 11) is 1.49. The Kier molecular flexibility index (Phi) is 3.11. The highest BCUT2D eigenvalue weighted by Gasteiger charge is 2.23. The van der Waals surface area contributed by atoms with Crippen molar-refractivity contribution < 1.29 is 14.2 Å². The molecule has 1 rings (SSSR count). The average Bonchev–Trinajstić information content (AvgIpc) is 2.17. The van der Waals surface area contributed by atoms with Crippen molar-refractivity contribution in [3.63, 3.8) is 0 Å². The van der Waals surface area contributed by atoms with Crippen LogP contribution in [0.5, 0.6) is 5.75 Å². The fourth-order valence-corrected chi connectivity index (χ4v) is 1.26. The molecule has 1 aromatic rings. The summed E-state index contributed by atoms with van der Waals surface area (Å²) in [5, 5.41) is 9.10. The minimum Gasteiger partial charge on any atom is -0.497 e. The van der Waals surface area contributed by atoms with Crippen molar-refractivity contribution in [3.05, 3.63) is 29.6 Å². The number of ether oxygens (including phenoxy) is 1. The third-order valence-corrected chi connectivity index (χ3v) is 2.30. The van der Waals surface area contributed by atoms with Crippen LogP contribution in [0.1, 0.15) is 19.4 Å². The molecule has 0 aliphatic rings. The van der Waals surface area contributed by atoms with Crippen LogP contribution in [0.25, 0.3) is 0 Å². The molecular formula is C11H15FO2. The molecule has 0 radical (unpaired) electrons. The van der Waals surface area contributed by atoms with Gasteiger partial charge in [-0.25, -0.2) is 4.39 Å². The maximum atomic E-state index is 13.5. The van der Waals surface area contributed by atoms with E-state index in [-0.39, 0.29) is 12.4 Å². The first-order valence-corrected chi connectivity index (χ1v) is 4.46. The summed E-state index contributed by atoms with van der Waals surface area (Å²) in [6.07, 6.45) is 0. The smallest absolute Gasteiger partial charge is 0.130 e. The lowest BCUT2D eigenvalue weighted by molar-refractivity contribution is 0.215. The van der Waals surface area contributed by atoms with Gasteiger partial charge in [0.2, 0.25) is 0 Å². The average molecular weight is 198 g/mol. The molecule has 2 nitrogen and oxygen atoms in total. The first-order valence-electron chi connectivity index (χ1n) is 4.46. The zero-order valence-electron chi connectivity index (χ0n) is 8.67. The minimum atomic E-state index is -0.559. The molecule has 0 unspecified atom stereocenters. The van der Waals surface area contributed by atoms with Crippen LogP contribution in [0, 0.1) is 5.82 Å². The molecule has 0 amide bonds. The van der Waals surface area contributed by atoms with Crippen molar-refractivity contribution in [2.24, 2.45) is 0 Å². The molecule has 0 spiro atoms. The molecule has 0 saturated carbocycles. The van der Waals surface area contributed by atoms with Crippen LogP contribution in [0.3, 0.4) is 0 Å². The van der Waals surface area contributed by atoms with E-state index in [1.165, 1.54) is 13.2 Å². The lowest BCUT2D eigenvalue weighted by atomic mass is 9.85. The molecule has 0 aliphatic heterocycles. The molecule has 3 heteroatoms. The molecular weight excluding hydrogens is 183 g/mol. The van der Waals surface area contributed by atoms with Gasteiger partial charge in [-0.1, -0.05) is 19.9 Å². The van der Waals surface area contributed by atoms with Gasteiger partial charge >= 0.3 is 0 Å². The Labute approximate surface area is 83.3 Å². The summed E-state index contributed by atoms with van der Waals surface area (Å²) in [4.78, 5) is 0. The molecule has 0 bridgehead atoms. The highest BCUT2D eigenvalue weighted by atomic mass is 19.1. The second-order valence-electron chi connectivity index (χ2n) is 3.89. The molecule has 0 saturated heterocycles. The molecule has 78 valence electrons. The molecule has 1 N–H and O–H groups in total. The van der Waals surface area contributed by atoms with Gasteiger partial charge in [0, 0.05) is 11.5 Å². The van der Waals surface area contributed by atoms with Crippen LogP contribution in [-0.4, -0.2) is 18.8 Å². The van der Waals surface area contributed by atoms with Crippen molar-refractivity contribution in [1.29, 1.82) is 0 Å². The van der Waals surface area contributed by atoms with Crippen LogP contribution >= 0.6 is 0 Å². The van der Waals surface area contributed by atoms with Crippen LogP contribution in [0.4, 0.5) is 4.39 Å². The van der Waals surface area contributed by atoms with Gasteiger partial charge in [-0.3, -0.25) is 0 Å². The lowest BCUT2D eigenvalue weighted by Gasteiger charge is -2.22. The summed E-state index contributed by atoms with van der Waals surface area (Å²) < 4.78 is 18.4. The van der Waals surface area contributed by atoms with Gasteiger partial charge in [-0.05, 0) is 11.6 Å². The molecule has 0 heterocycles. The van der Waals surface area contributed by atoms with E-state index < -0.39 is 5.41 Å². The Morgan fingerprint density at radius 1 is 1.43 bits per heavy atom. The number of aliphatic hydroxyl groups excluding tert-OH is 1. The number of hydrogen-bond donors (Lipinski definition) is 1. The second kappa shape index (κ2) is 3.96.